The molecule has 0 radical (unpaired) electrons. The van der Waals surface area contributed by atoms with Crippen LogP contribution in [-0.2, 0) is 12.6 Å². The van der Waals surface area contributed by atoms with Gasteiger partial charge in [-0.15, -0.1) is 0 Å². The fourth-order valence-corrected chi connectivity index (χ4v) is 3.13. The summed E-state index contributed by atoms with van der Waals surface area (Å²) in [6.07, 6.45) is -0.138. The Hall–Kier alpha value is -3.52. The second-order valence-electron chi connectivity index (χ2n) is 6.87. The van der Waals surface area contributed by atoms with E-state index in [1.807, 2.05) is 30.3 Å². The summed E-state index contributed by atoms with van der Waals surface area (Å²) in [4.78, 5) is 13.2. The zero-order valence-electron chi connectivity index (χ0n) is 16.3. The molecule has 2 heterocycles. The lowest BCUT2D eigenvalue weighted by atomic mass is 10.1. The number of fused-ring (bicyclic) bond motifs is 1. The van der Waals surface area contributed by atoms with Gasteiger partial charge in [0, 0.05) is 35.6 Å². The average Bonchev–Trinajstić information content (AvgIpc) is 2.77. The Morgan fingerprint density at radius 1 is 0.903 bits per heavy atom. The van der Waals surface area contributed by atoms with Gasteiger partial charge in [0.15, 0.2) is 0 Å². The van der Waals surface area contributed by atoms with Gasteiger partial charge in [0.25, 0.3) is 0 Å². The molecule has 0 aliphatic heterocycles. The first-order chi connectivity index (χ1) is 14.9. The number of nitrogens with zero attached hydrogens (tertiary/aromatic N) is 3. The molecule has 0 atom stereocenters. The van der Waals surface area contributed by atoms with Gasteiger partial charge in [-0.05, 0) is 49.2 Å². The lowest BCUT2D eigenvalue weighted by Crippen LogP contribution is -2.04. The van der Waals surface area contributed by atoms with E-state index in [9.17, 15) is 13.2 Å². The van der Waals surface area contributed by atoms with Crippen LogP contribution in [0.5, 0.6) is 11.6 Å². The number of hydrogen-bond donors (Lipinski definition) is 1. The Balaban J connectivity index is 1.65. The molecule has 2 aromatic heterocycles. The molecule has 1 N–H and O–H groups in total. The van der Waals surface area contributed by atoms with E-state index in [2.05, 4.69) is 15.0 Å². The fourth-order valence-electron chi connectivity index (χ4n) is 3.13. The van der Waals surface area contributed by atoms with E-state index < -0.39 is 11.7 Å². The Labute approximate surface area is 176 Å². The van der Waals surface area contributed by atoms with Crippen molar-refractivity contribution in [2.45, 2.75) is 19.0 Å². The summed E-state index contributed by atoms with van der Waals surface area (Å²) in [5.41, 5.74) is 2.05. The number of pyridine rings is 1. The second-order valence-corrected chi connectivity index (χ2v) is 6.87. The Bertz CT molecular complexity index is 1190. The number of benzene rings is 2. The zero-order chi connectivity index (χ0) is 21.8. The van der Waals surface area contributed by atoms with Crippen molar-refractivity contribution in [3.63, 3.8) is 0 Å². The molecule has 31 heavy (non-hydrogen) atoms. The van der Waals surface area contributed by atoms with Gasteiger partial charge in [-0.3, -0.25) is 4.98 Å². The van der Waals surface area contributed by atoms with Gasteiger partial charge in [-0.25, -0.2) is 9.97 Å². The zero-order valence-corrected chi connectivity index (χ0v) is 16.3. The van der Waals surface area contributed by atoms with Gasteiger partial charge < -0.3 is 9.84 Å². The molecule has 4 rings (SSSR count). The Morgan fingerprint density at radius 3 is 2.39 bits per heavy atom. The third kappa shape index (κ3) is 4.80. The molecule has 0 spiro atoms. The van der Waals surface area contributed by atoms with Crippen LogP contribution in [0.3, 0.4) is 0 Å². The van der Waals surface area contributed by atoms with E-state index in [0.717, 1.165) is 28.7 Å². The van der Waals surface area contributed by atoms with E-state index in [1.54, 1.807) is 0 Å². The normalized spacial score (nSPS) is 11.6. The first-order valence-electron chi connectivity index (χ1n) is 9.61. The van der Waals surface area contributed by atoms with Gasteiger partial charge in [0.2, 0.25) is 5.88 Å². The van der Waals surface area contributed by atoms with Crippen molar-refractivity contribution in [1.29, 1.82) is 0 Å². The van der Waals surface area contributed by atoms with Gasteiger partial charge in [-0.1, -0.05) is 18.2 Å². The van der Waals surface area contributed by atoms with Crippen LogP contribution in [0.25, 0.3) is 22.2 Å². The molecule has 0 saturated carbocycles. The molecule has 8 heteroatoms. The molecule has 5 nitrogen and oxygen atoms in total. The maximum Gasteiger partial charge on any atom is 0.416 e. The molecule has 0 aliphatic carbocycles. The van der Waals surface area contributed by atoms with Gasteiger partial charge in [0.05, 0.1) is 11.1 Å². The monoisotopic (exact) mass is 425 g/mol. The standard InChI is InChI=1S/C23H18F3N3O2/c24-23(25,26)17-6-9-19(10-7-17)31-22-21(27-11-12-28-22)16-4-3-15-5-8-18(2-1-13-30)29-20(15)14-16/h3-12,14,30H,1-2,13H2. The molecule has 0 saturated heterocycles. The third-order valence-electron chi connectivity index (χ3n) is 4.68. The van der Waals surface area contributed by atoms with Crippen LogP contribution in [-0.4, -0.2) is 26.7 Å². The van der Waals surface area contributed by atoms with Crippen LogP contribution in [0.4, 0.5) is 13.2 Å². The minimum Gasteiger partial charge on any atom is -0.437 e. The summed E-state index contributed by atoms with van der Waals surface area (Å²) in [6, 6.07) is 13.9. The topological polar surface area (TPSA) is 68.1 Å². The minimum atomic E-state index is -4.41. The minimum absolute atomic E-state index is 0.101. The molecule has 2 aromatic carbocycles. The van der Waals surface area contributed by atoms with E-state index in [1.165, 1.54) is 24.5 Å². The number of rotatable bonds is 6. The first kappa shape index (κ1) is 20.7. The van der Waals surface area contributed by atoms with E-state index in [0.29, 0.717) is 24.1 Å². The predicted molar refractivity (Wildman–Crippen MR) is 110 cm³/mol. The number of halogens is 3. The van der Waals surface area contributed by atoms with E-state index >= 15 is 0 Å². The van der Waals surface area contributed by atoms with Gasteiger partial charge in [0.1, 0.15) is 11.4 Å². The maximum absolute atomic E-state index is 12.8. The van der Waals surface area contributed by atoms with Crippen molar-refractivity contribution in [2.75, 3.05) is 6.61 Å². The molecular formula is C23H18F3N3O2. The largest absolute Gasteiger partial charge is 0.437 e. The van der Waals surface area contributed by atoms with Crippen LogP contribution in [0.2, 0.25) is 0 Å². The molecule has 0 aliphatic rings. The second kappa shape index (κ2) is 8.69. The summed E-state index contributed by atoms with van der Waals surface area (Å²) in [7, 11) is 0. The highest BCUT2D eigenvalue weighted by Crippen LogP contribution is 2.33. The van der Waals surface area contributed by atoms with Gasteiger partial charge >= 0.3 is 6.18 Å². The van der Waals surface area contributed by atoms with Crippen LogP contribution in [0, 0.1) is 0 Å². The molecule has 0 amide bonds. The summed E-state index contributed by atoms with van der Waals surface area (Å²) in [5, 5.41) is 9.98. The highest BCUT2D eigenvalue weighted by molar-refractivity contribution is 5.84. The van der Waals surface area contributed by atoms with E-state index in [-0.39, 0.29) is 18.2 Å². The number of alkyl halides is 3. The average molecular weight is 425 g/mol. The number of aliphatic hydroxyl groups excluding tert-OH is 1. The highest BCUT2D eigenvalue weighted by Gasteiger charge is 2.30. The fraction of sp³-hybridized carbons (Fsp3) is 0.174. The SMILES string of the molecule is OCCCc1ccc2ccc(-c3nccnc3Oc3ccc(C(F)(F)F)cc3)cc2n1. The number of aliphatic hydroxyl groups is 1. The number of ether oxygens (including phenoxy) is 1. The summed E-state index contributed by atoms with van der Waals surface area (Å²) >= 11 is 0. The van der Waals surface area contributed by atoms with Crippen molar-refractivity contribution >= 4 is 10.9 Å². The molecule has 0 unspecified atom stereocenters. The molecule has 4 aromatic rings. The smallest absolute Gasteiger partial charge is 0.416 e. The summed E-state index contributed by atoms with van der Waals surface area (Å²) in [5.74, 6) is 0.401. The van der Waals surface area contributed by atoms with Crippen LogP contribution in [0.15, 0.2) is 67.0 Å². The maximum atomic E-state index is 12.8. The molecule has 0 fully saturated rings. The Morgan fingerprint density at radius 2 is 1.65 bits per heavy atom. The van der Waals surface area contributed by atoms with Crippen molar-refractivity contribution in [3.05, 3.63) is 78.2 Å². The van der Waals surface area contributed by atoms with Crippen LogP contribution >= 0.6 is 0 Å². The summed E-state index contributed by atoms with van der Waals surface area (Å²) < 4.78 is 44.1. The van der Waals surface area contributed by atoms with Gasteiger partial charge in [-0.2, -0.15) is 13.2 Å². The van der Waals surface area contributed by atoms with Crippen LogP contribution in [0.1, 0.15) is 17.7 Å². The van der Waals surface area contributed by atoms with Crippen molar-refractivity contribution in [1.82, 2.24) is 15.0 Å². The third-order valence-corrected chi connectivity index (χ3v) is 4.68. The predicted octanol–water partition coefficient (Wildman–Crippen LogP) is 5.43. The summed E-state index contributed by atoms with van der Waals surface area (Å²) in [6.45, 7) is 0.101. The van der Waals surface area contributed by atoms with Crippen molar-refractivity contribution in [3.8, 4) is 22.9 Å². The van der Waals surface area contributed by atoms with Crippen molar-refractivity contribution < 1.29 is 23.0 Å². The highest BCUT2D eigenvalue weighted by atomic mass is 19.4. The molecule has 0 bridgehead atoms. The molecular weight excluding hydrogens is 407 g/mol. The van der Waals surface area contributed by atoms with E-state index in [4.69, 9.17) is 9.84 Å². The molecule has 158 valence electrons. The first-order valence-corrected chi connectivity index (χ1v) is 9.61. The lowest BCUT2D eigenvalue weighted by Gasteiger charge is -2.11. The van der Waals surface area contributed by atoms with Crippen molar-refractivity contribution in [2.24, 2.45) is 0 Å². The lowest BCUT2D eigenvalue weighted by molar-refractivity contribution is -0.137. The number of aryl methyl sites for hydroxylation is 1. The number of hydrogen-bond acceptors (Lipinski definition) is 5. The van der Waals surface area contributed by atoms with Crippen LogP contribution < -0.4 is 4.74 Å². The number of aromatic nitrogens is 3. The quantitative estimate of drug-likeness (QED) is 0.446. The Kier molecular flexibility index (Phi) is 5.81.